The van der Waals surface area contributed by atoms with Crippen molar-refractivity contribution >= 4 is 11.3 Å². The van der Waals surface area contributed by atoms with Gasteiger partial charge in [-0.3, -0.25) is 0 Å². The largest absolute Gasteiger partial charge is 0.386 e. The van der Waals surface area contributed by atoms with Gasteiger partial charge >= 0.3 is 0 Å². The maximum absolute atomic E-state index is 13.7. The van der Waals surface area contributed by atoms with Crippen molar-refractivity contribution in [3.8, 4) is 10.7 Å². The minimum Gasteiger partial charge on any atom is -0.386 e. The predicted octanol–water partition coefficient (Wildman–Crippen LogP) is 3.62. The average Bonchev–Trinajstić information content (AvgIpc) is 3.08. The summed E-state index contributed by atoms with van der Waals surface area (Å²) in [6.07, 6.45) is 2.00. The molecule has 1 unspecified atom stereocenters. The molecule has 0 aliphatic rings. The van der Waals surface area contributed by atoms with Crippen LogP contribution in [-0.2, 0) is 6.54 Å². The highest BCUT2D eigenvalue weighted by atomic mass is 32.1. The fraction of sp³-hybridized carbons (Fsp3) is 0.133. The maximum Gasteiger partial charge on any atom is 0.150 e. The Labute approximate surface area is 124 Å². The molecule has 3 aromatic rings. The van der Waals surface area contributed by atoms with Crippen molar-refractivity contribution < 1.29 is 13.9 Å². The molecule has 6 heteroatoms. The van der Waals surface area contributed by atoms with Crippen LogP contribution in [0.2, 0.25) is 0 Å². The van der Waals surface area contributed by atoms with Crippen molar-refractivity contribution in [1.29, 1.82) is 0 Å². The monoisotopic (exact) mass is 306 g/mol. The second-order valence-electron chi connectivity index (χ2n) is 4.53. The number of imidazole rings is 1. The van der Waals surface area contributed by atoms with E-state index in [0.29, 0.717) is 5.82 Å². The highest BCUT2D eigenvalue weighted by Crippen LogP contribution is 2.26. The summed E-state index contributed by atoms with van der Waals surface area (Å²) in [5, 5.41) is 12.1. The smallest absolute Gasteiger partial charge is 0.150 e. The summed E-state index contributed by atoms with van der Waals surface area (Å²) in [5.74, 6) is -0.832. The maximum atomic E-state index is 13.7. The van der Waals surface area contributed by atoms with Gasteiger partial charge in [0.2, 0.25) is 0 Å². The summed E-state index contributed by atoms with van der Waals surface area (Å²) >= 11 is 1.51. The molecule has 0 saturated heterocycles. The van der Waals surface area contributed by atoms with E-state index in [1.165, 1.54) is 17.4 Å². The molecular weight excluding hydrogens is 294 g/mol. The first-order chi connectivity index (χ1) is 10.2. The van der Waals surface area contributed by atoms with Crippen LogP contribution in [0.3, 0.4) is 0 Å². The van der Waals surface area contributed by atoms with Gasteiger partial charge in [0.25, 0.3) is 0 Å². The summed E-state index contributed by atoms with van der Waals surface area (Å²) in [5.41, 5.74) is -0.316. The molecule has 2 aromatic heterocycles. The first kappa shape index (κ1) is 13.9. The highest BCUT2D eigenvalue weighted by Gasteiger charge is 2.19. The van der Waals surface area contributed by atoms with E-state index >= 15 is 0 Å². The van der Waals surface area contributed by atoms with Crippen LogP contribution in [-0.4, -0.2) is 14.7 Å². The summed E-state index contributed by atoms with van der Waals surface area (Å²) in [6.45, 7) is 0.0328. The van der Waals surface area contributed by atoms with E-state index in [1.54, 1.807) is 17.0 Å². The summed E-state index contributed by atoms with van der Waals surface area (Å²) in [6, 6.07) is 7.34. The quantitative estimate of drug-likeness (QED) is 0.799. The van der Waals surface area contributed by atoms with Gasteiger partial charge in [0.15, 0.2) is 0 Å². The molecule has 1 atom stereocenters. The Morgan fingerprint density at radius 1 is 1.19 bits per heavy atom. The van der Waals surface area contributed by atoms with Crippen molar-refractivity contribution in [3.05, 3.63) is 65.3 Å². The van der Waals surface area contributed by atoms with Crippen LogP contribution in [0, 0.1) is 11.6 Å². The highest BCUT2D eigenvalue weighted by molar-refractivity contribution is 7.13. The minimum absolute atomic E-state index is 0.0328. The van der Waals surface area contributed by atoms with Gasteiger partial charge in [0, 0.05) is 12.4 Å². The Hall–Kier alpha value is -2.05. The standard InChI is InChI=1S/C15H12F2N2OS/c16-10-3-1-4-11(17)14(10)12(20)9-19-7-6-18-15(19)13-5-2-8-21-13/h1-8,12,20H,9H2. The Morgan fingerprint density at radius 2 is 1.95 bits per heavy atom. The van der Waals surface area contributed by atoms with Gasteiger partial charge in [-0.1, -0.05) is 12.1 Å². The normalized spacial score (nSPS) is 12.5. The molecule has 21 heavy (non-hydrogen) atoms. The van der Waals surface area contributed by atoms with E-state index in [0.717, 1.165) is 17.0 Å². The van der Waals surface area contributed by atoms with Gasteiger partial charge in [-0.25, -0.2) is 13.8 Å². The van der Waals surface area contributed by atoms with Gasteiger partial charge in [-0.15, -0.1) is 11.3 Å². The van der Waals surface area contributed by atoms with Crippen LogP contribution in [0.4, 0.5) is 8.78 Å². The van der Waals surface area contributed by atoms with Crippen LogP contribution in [0.5, 0.6) is 0 Å². The van der Waals surface area contributed by atoms with Crippen LogP contribution in [0.1, 0.15) is 11.7 Å². The van der Waals surface area contributed by atoms with Crippen molar-refractivity contribution in [2.24, 2.45) is 0 Å². The molecule has 2 heterocycles. The van der Waals surface area contributed by atoms with Gasteiger partial charge < -0.3 is 9.67 Å². The number of hydrogen-bond acceptors (Lipinski definition) is 3. The van der Waals surface area contributed by atoms with Crippen molar-refractivity contribution in [3.63, 3.8) is 0 Å². The van der Waals surface area contributed by atoms with Crippen LogP contribution in [0.15, 0.2) is 48.1 Å². The molecule has 0 fully saturated rings. The number of benzene rings is 1. The molecule has 1 aromatic carbocycles. The molecule has 0 spiro atoms. The van der Waals surface area contributed by atoms with Gasteiger partial charge in [0.1, 0.15) is 23.6 Å². The van der Waals surface area contributed by atoms with Crippen molar-refractivity contribution in [2.75, 3.05) is 0 Å². The lowest BCUT2D eigenvalue weighted by Gasteiger charge is -2.15. The molecule has 3 nitrogen and oxygen atoms in total. The van der Waals surface area contributed by atoms with E-state index in [2.05, 4.69) is 4.98 Å². The third-order valence-electron chi connectivity index (χ3n) is 3.16. The predicted molar refractivity (Wildman–Crippen MR) is 76.9 cm³/mol. The van der Waals surface area contributed by atoms with Crippen LogP contribution < -0.4 is 0 Å². The number of aliphatic hydroxyl groups is 1. The Morgan fingerprint density at radius 3 is 2.62 bits per heavy atom. The zero-order chi connectivity index (χ0) is 14.8. The summed E-state index contributed by atoms with van der Waals surface area (Å²) < 4.78 is 29.0. The third-order valence-corrected chi connectivity index (χ3v) is 4.03. The second-order valence-corrected chi connectivity index (χ2v) is 5.48. The number of aromatic nitrogens is 2. The Kier molecular flexibility index (Phi) is 3.81. The molecule has 0 amide bonds. The fourth-order valence-corrected chi connectivity index (χ4v) is 2.93. The SMILES string of the molecule is OC(Cn1ccnc1-c1cccs1)c1c(F)cccc1F. The first-order valence-corrected chi connectivity index (χ1v) is 7.22. The molecular formula is C15H12F2N2OS. The number of halogens is 2. The van der Waals surface area contributed by atoms with Crippen LogP contribution >= 0.6 is 11.3 Å². The fourth-order valence-electron chi connectivity index (χ4n) is 2.19. The average molecular weight is 306 g/mol. The van der Waals surface area contributed by atoms with Gasteiger partial charge in [-0.2, -0.15) is 0 Å². The molecule has 0 aliphatic heterocycles. The zero-order valence-corrected chi connectivity index (χ0v) is 11.7. The lowest BCUT2D eigenvalue weighted by Crippen LogP contribution is -2.12. The summed E-state index contributed by atoms with van der Waals surface area (Å²) in [7, 11) is 0. The van der Waals surface area contributed by atoms with E-state index in [1.807, 2.05) is 17.5 Å². The molecule has 0 radical (unpaired) electrons. The molecule has 1 N–H and O–H groups in total. The summed E-state index contributed by atoms with van der Waals surface area (Å²) in [4.78, 5) is 5.16. The molecule has 108 valence electrons. The van der Waals surface area contributed by atoms with Crippen LogP contribution in [0.25, 0.3) is 10.7 Å². The first-order valence-electron chi connectivity index (χ1n) is 6.34. The Bertz CT molecular complexity index is 720. The number of rotatable bonds is 4. The second kappa shape index (κ2) is 5.75. The molecule has 0 saturated carbocycles. The molecule has 0 bridgehead atoms. The molecule has 0 aliphatic carbocycles. The third kappa shape index (κ3) is 2.72. The van der Waals surface area contributed by atoms with E-state index in [9.17, 15) is 13.9 Å². The minimum atomic E-state index is -1.28. The topological polar surface area (TPSA) is 38.0 Å². The lowest BCUT2D eigenvalue weighted by atomic mass is 10.1. The van der Waals surface area contributed by atoms with Crippen molar-refractivity contribution in [2.45, 2.75) is 12.6 Å². The lowest BCUT2D eigenvalue weighted by molar-refractivity contribution is 0.148. The number of hydrogen-bond donors (Lipinski definition) is 1. The van der Waals surface area contributed by atoms with Gasteiger partial charge in [0.05, 0.1) is 17.0 Å². The van der Waals surface area contributed by atoms with Gasteiger partial charge in [-0.05, 0) is 23.6 Å². The number of thiophene rings is 1. The number of aliphatic hydroxyl groups excluding tert-OH is 1. The number of nitrogens with zero attached hydrogens (tertiary/aromatic N) is 2. The van der Waals surface area contributed by atoms with E-state index in [4.69, 9.17) is 0 Å². The van der Waals surface area contributed by atoms with E-state index < -0.39 is 17.7 Å². The Balaban J connectivity index is 1.89. The van der Waals surface area contributed by atoms with Crippen molar-refractivity contribution in [1.82, 2.24) is 9.55 Å². The van der Waals surface area contributed by atoms with E-state index in [-0.39, 0.29) is 12.1 Å². The molecule has 3 rings (SSSR count). The zero-order valence-electron chi connectivity index (χ0n) is 10.9.